The maximum atomic E-state index is 13.3. The molecule has 3 aliphatic heterocycles. The monoisotopic (exact) mass is 334 g/mol. The molecule has 0 aromatic carbocycles. The Morgan fingerprint density at radius 2 is 1.92 bits per heavy atom. The fraction of sp³-hybridized carbons (Fsp3) is 0.706. The number of piperidine rings is 1. The quantitative estimate of drug-likeness (QED) is 0.812. The zero-order valence-corrected chi connectivity index (χ0v) is 13.7. The van der Waals surface area contributed by atoms with E-state index in [4.69, 9.17) is 4.74 Å². The molecule has 3 saturated heterocycles. The van der Waals surface area contributed by atoms with Gasteiger partial charge in [0.05, 0.1) is 19.1 Å². The van der Waals surface area contributed by atoms with Crippen LogP contribution in [0.5, 0.6) is 0 Å². The number of nitrogens with zero attached hydrogens (tertiary/aromatic N) is 4. The van der Waals surface area contributed by atoms with Crippen molar-refractivity contribution in [3.63, 3.8) is 0 Å². The average Bonchev–Trinajstić information content (AvgIpc) is 3.07. The third-order valence-electron chi connectivity index (χ3n) is 5.53. The zero-order valence-electron chi connectivity index (χ0n) is 13.7. The molecule has 0 spiro atoms. The van der Waals surface area contributed by atoms with Crippen LogP contribution >= 0.6 is 0 Å². The summed E-state index contributed by atoms with van der Waals surface area (Å²) in [5.41, 5.74) is 0. The fourth-order valence-electron chi connectivity index (χ4n) is 4.17. The normalized spacial score (nSPS) is 31.1. The van der Waals surface area contributed by atoms with Crippen LogP contribution in [0.2, 0.25) is 0 Å². The Bertz CT molecular complexity index is 579. The van der Waals surface area contributed by atoms with Crippen LogP contribution < -0.4 is 4.90 Å². The van der Waals surface area contributed by atoms with E-state index in [1.54, 1.807) is 18.5 Å². The van der Waals surface area contributed by atoms with Gasteiger partial charge in [-0.15, -0.1) is 0 Å². The summed E-state index contributed by atoms with van der Waals surface area (Å²) in [5.74, 6) is 1.31. The summed E-state index contributed by atoms with van der Waals surface area (Å²) < 4.78 is 19.1. The van der Waals surface area contributed by atoms with Gasteiger partial charge in [-0.2, -0.15) is 0 Å². The highest BCUT2D eigenvalue weighted by molar-refractivity contribution is 5.79. The van der Waals surface area contributed by atoms with Gasteiger partial charge in [0.15, 0.2) is 0 Å². The lowest BCUT2D eigenvalue weighted by atomic mass is 9.81. The van der Waals surface area contributed by atoms with Gasteiger partial charge in [-0.25, -0.2) is 14.4 Å². The van der Waals surface area contributed by atoms with Crippen molar-refractivity contribution in [2.45, 2.75) is 19.0 Å². The topological polar surface area (TPSA) is 58.6 Å². The van der Waals surface area contributed by atoms with Crippen LogP contribution in [-0.2, 0) is 9.53 Å². The van der Waals surface area contributed by atoms with Crippen molar-refractivity contribution < 1.29 is 13.9 Å². The smallest absolute Gasteiger partial charge is 0.228 e. The number of fused-ring (bicyclic) bond motifs is 1. The van der Waals surface area contributed by atoms with E-state index in [0.29, 0.717) is 45.1 Å². The number of ether oxygens (including phenoxy) is 1. The number of halogens is 1. The molecular weight excluding hydrogens is 311 g/mol. The van der Waals surface area contributed by atoms with Gasteiger partial charge in [0.2, 0.25) is 11.9 Å². The van der Waals surface area contributed by atoms with Crippen molar-refractivity contribution in [2.24, 2.45) is 17.8 Å². The van der Waals surface area contributed by atoms with Gasteiger partial charge in [-0.3, -0.25) is 4.79 Å². The molecule has 0 saturated carbocycles. The van der Waals surface area contributed by atoms with Gasteiger partial charge >= 0.3 is 0 Å². The minimum Gasteiger partial charge on any atom is -0.380 e. The molecule has 6 nitrogen and oxygen atoms in total. The zero-order chi connectivity index (χ0) is 16.5. The Kier molecular flexibility index (Phi) is 4.35. The van der Waals surface area contributed by atoms with E-state index in [-0.39, 0.29) is 17.7 Å². The fourth-order valence-corrected chi connectivity index (χ4v) is 4.17. The lowest BCUT2D eigenvalue weighted by Crippen LogP contribution is -2.49. The van der Waals surface area contributed by atoms with Crippen molar-refractivity contribution in [3.8, 4) is 0 Å². The van der Waals surface area contributed by atoms with E-state index in [1.807, 2.05) is 4.90 Å². The molecule has 0 aliphatic carbocycles. The largest absolute Gasteiger partial charge is 0.380 e. The minimum atomic E-state index is -0.762. The first-order valence-electron chi connectivity index (χ1n) is 8.75. The number of rotatable bonds is 2. The molecule has 1 aromatic rings. The van der Waals surface area contributed by atoms with Crippen LogP contribution in [0, 0.1) is 17.8 Å². The number of amides is 1. The molecule has 3 atom stereocenters. The molecule has 7 heteroatoms. The predicted octanol–water partition coefficient (Wildman–Crippen LogP) is 1.14. The molecule has 4 heterocycles. The van der Waals surface area contributed by atoms with Crippen LogP contribution in [0.25, 0.3) is 0 Å². The first-order chi connectivity index (χ1) is 11.7. The van der Waals surface area contributed by atoms with Gasteiger partial charge in [0.1, 0.15) is 6.17 Å². The van der Waals surface area contributed by atoms with Crippen molar-refractivity contribution in [3.05, 3.63) is 18.5 Å². The highest BCUT2D eigenvalue weighted by atomic mass is 19.1. The number of carbonyl (C=O) groups is 1. The van der Waals surface area contributed by atoms with Gasteiger partial charge in [-0.1, -0.05) is 0 Å². The van der Waals surface area contributed by atoms with Crippen LogP contribution in [0.15, 0.2) is 18.5 Å². The van der Waals surface area contributed by atoms with Crippen LogP contribution in [0.3, 0.4) is 0 Å². The molecule has 0 radical (unpaired) electrons. The van der Waals surface area contributed by atoms with Gasteiger partial charge in [-0.05, 0) is 24.8 Å². The number of aromatic nitrogens is 2. The van der Waals surface area contributed by atoms with Crippen molar-refractivity contribution in [1.82, 2.24) is 14.9 Å². The maximum Gasteiger partial charge on any atom is 0.228 e. The molecular formula is C17H23FN4O2. The number of carbonyl (C=O) groups excluding carboxylic acids is 1. The molecule has 24 heavy (non-hydrogen) atoms. The summed E-state index contributed by atoms with van der Waals surface area (Å²) in [6.45, 7) is 3.82. The van der Waals surface area contributed by atoms with Gasteiger partial charge in [0.25, 0.3) is 0 Å². The van der Waals surface area contributed by atoms with E-state index in [9.17, 15) is 9.18 Å². The molecule has 0 unspecified atom stereocenters. The lowest BCUT2D eigenvalue weighted by Gasteiger charge is -2.37. The lowest BCUT2D eigenvalue weighted by molar-refractivity contribution is -0.145. The van der Waals surface area contributed by atoms with Crippen LogP contribution in [0.4, 0.5) is 10.3 Å². The summed E-state index contributed by atoms with van der Waals surface area (Å²) in [7, 11) is 0. The highest BCUT2D eigenvalue weighted by Gasteiger charge is 2.46. The van der Waals surface area contributed by atoms with Gasteiger partial charge < -0.3 is 14.5 Å². The first-order valence-corrected chi connectivity index (χ1v) is 8.75. The number of likely N-dealkylation sites (tertiary alicyclic amines) is 1. The summed E-state index contributed by atoms with van der Waals surface area (Å²) >= 11 is 0. The Balaban J connectivity index is 1.46. The number of hydrogen-bond donors (Lipinski definition) is 0. The summed E-state index contributed by atoms with van der Waals surface area (Å²) in [4.78, 5) is 25.5. The van der Waals surface area contributed by atoms with Gasteiger partial charge in [0, 0.05) is 44.5 Å². The molecule has 3 fully saturated rings. The Labute approximate surface area is 141 Å². The average molecular weight is 334 g/mol. The summed E-state index contributed by atoms with van der Waals surface area (Å²) in [6, 6.07) is 1.80. The third kappa shape index (κ3) is 2.97. The van der Waals surface area contributed by atoms with E-state index in [0.717, 1.165) is 19.0 Å². The molecule has 3 aliphatic rings. The number of alkyl halides is 1. The van der Waals surface area contributed by atoms with E-state index < -0.39 is 6.17 Å². The maximum absolute atomic E-state index is 13.3. The summed E-state index contributed by atoms with van der Waals surface area (Å²) in [6.07, 6.45) is 3.63. The molecule has 0 bridgehead atoms. The van der Waals surface area contributed by atoms with Crippen molar-refractivity contribution in [1.29, 1.82) is 0 Å². The van der Waals surface area contributed by atoms with Crippen LogP contribution in [-0.4, -0.2) is 66.3 Å². The highest BCUT2D eigenvalue weighted by Crippen LogP contribution is 2.36. The standard InChI is InChI=1S/C17H23FN4O2/c18-13-2-6-21(7-3-13)16(23)15-11-24-10-12-8-22(9-14(12)15)17-19-4-1-5-20-17/h1,4-5,12-15H,2-3,6-11H2/t12-,14-,15+/m1/s1. The second kappa shape index (κ2) is 6.63. The second-order valence-electron chi connectivity index (χ2n) is 7.02. The Morgan fingerprint density at radius 3 is 2.67 bits per heavy atom. The first kappa shape index (κ1) is 15.7. The molecule has 0 N–H and O–H groups in total. The van der Waals surface area contributed by atoms with E-state index >= 15 is 0 Å². The van der Waals surface area contributed by atoms with Crippen LogP contribution in [0.1, 0.15) is 12.8 Å². The van der Waals surface area contributed by atoms with Crippen molar-refractivity contribution >= 4 is 11.9 Å². The Hall–Kier alpha value is -1.76. The van der Waals surface area contributed by atoms with E-state index in [2.05, 4.69) is 14.9 Å². The third-order valence-corrected chi connectivity index (χ3v) is 5.53. The summed E-state index contributed by atoms with van der Waals surface area (Å²) in [5, 5.41) is 0. The minimum absolute atomic E-state index is 0.131. The number of anilines is 1. The molecule has 1 amide bonds. The number of hydrogen-bond acceptors (Lipinski definition) is 5. The molecule has 130 valence electrons. The predicted molar refractivity (Wildman–Crippen MR) is 86.2 cm³/mol. The second-order valence-corrected chi connectivity index (χ2v) is 7.02. The SMILES string of the molecule is O=C([C@H]1COC[C@H]2CN(c3ncccn3)C[C@H]21)N1CCC(F)CC1. The van der Waals surface area contributed by atoms with Crippen molar-refractivity contribution in [2.75, 3.05) is 44.3 Å². The van der Waals surface area contributed by atoms with E-state index in [1.165, 1.54) is 0 Å². The Morgan fingerprint density at radius 1 is 1.17 bits per heavy atom. The molecule has 1 aromatic heterocycles. The molecule has 4 rings (SSSR count).